The number of hydrogen-bond acceptors (Lipinski definition) is 2. The van der Waals surface area contributed by atoms with Gasteiger partial charge in [0.15, 0.2) is 0 Å². The summed E-state index contributed by atoms with van der Waals surface area (Å²) in [5.74, 6) is 0. The van der Waals surface area contributed by atoms with Gasteiger partial charge in [-0.25, -0.2) is 0 Å². The van der Waals surface area contributed by atoms with Crippen LogP contribution in [-0.4, -0.2) is 74.7 Å². The topological polar surface area (TPSA) is 102 Å². The molecule has 7 heteroatoms. The predicted molar refractivity (Wildman–Crippen MR) is 74.2 cm³/mol. The smallest absolute Gasteiger partial charge is 0.676 e. The van der Waals surface area contributed by atoms with Crippen molar-refractivity contribution in [1.29, 1.82) is 0 Å². The molecule has 0 saturated heterocycles. The Kier molecular flexibility index (Phi) is 15.7. The molecule has 0 saturated carbocycles. The average molecular weight is 301 g/mol. The fourth-order valence-electron chi connectivity index (χ4n) is 1.94. The second kappa shape index (κ2) is 13.7. The summed E-state index contributed by atoms with van der Waals surface area (Å²) in [6.45, 7) is 7.21. The summed E-state index contributed by atoms with van der Waals surface area (Å²) >= 11 is 0. The minimum absolute atomic E-state index is 0. The molecule has 0 aromatic carbocycles. The molecule has 0 aliphatic rings. The van der Waals surface area contributed by atoms with Crippen molar-refractivity contribution in [3.05, 3.63) is 22.9 Å². The van der Waals surface area contributed by atoms with Gasteiger partial charge in [0.2, 0.25) is 0 Å². The first-order valence-electron chi connectivity index (χ1n) is 6.24. The van der Waals surface area contributed by atoms with Gasteiger partial charge in [-0.05, 0) is 33.1 Å². The van der Waals surface area contributed by atoms with Crippen LogP contribution in [0.5, 0.6) is 0 Å². The summed E-state index contributed by atoms with van der Waals surface area (Å²) in [6.07, 6.45) is 0. The minimum atomic E-state index is 0. The minimum Gasteiger partial charge on any atom is -0.676 e. The van der Waals surface area contributed by atoms with Crippen molar-refractivity contribution < 1.29 is 16.8 Å². The maximum atomic E-state index is 7.27. The number of nitrogens with one attached hydrogen (secondary N) is 4. The van der Waals surface area contributed by atoms with Gasteiger partial charge >= 0.3 is 16.8 Å². The molecule has 6 nitrogen and oxygen atoms in total. The molecular weight excluding hydrogens is 275 g/mol. The van der Waals surface area contributed by atoms with Crippen molar-refractivity contribution in [3.8, 4) is 0 Å². The summed E-state index contributed by atoms with van der Waals surface area (Å²) in [5.41, 5.74) is 29.0. The van der Waals surface area contributed by atoms with Crippen LogP contribution in [0.15, 0.2) is 0 Å². The van der Waals surface area contributed by atoms with Crippen molar-refractivity contribution in [2.24, 2.45) is 0 Å². The van der Waals surface area contributed by atoms with Gasteiger partial charge < -0.3 is 32.7 Å². The Balaban J connectivity index is 0. The van der Waals surface area contributed by atoms with Crippen LogP contribution in [0.25, 0.3) is 22.9 Å². The maximum absolute atomic E-state index is 7.27. The van der Waals surface area contributed by atoms with Gasteiger partial charge in [-0.15, -0.1) is 26.2 Å². The van der Waals surface area contributed by atoms with E-state index in [4.69, 9.17) is 22.9 Å². The Hall–Kier alpha value is 0.266. The van der Waals surface area contributed by atoms with Crippen LogP contribution in [0.2, 0.25) is 0 Å². The molecule has 0 heterocycles. The Morgan fingerprint density at radius 2 is 1.17 bits per heavy atom. The van der Waals surface area contributed by atoms with E-state index in [0.717, 1.165) is 6.54 Å². The molecule has 0 spiro atoms. The monoisotopic (exact) mass is 301 g/mol. The van der Waals surface area contributed by atoms with E-state index in [1.807, 2.05) is 0 Å². The van der Waals surface area contributed by atoms with E-state index in [9.17, 15) is 0 Å². The molecular formula is C11H26CoN6-. The quantitative estimate of drug-likeness (QED) is 0.584. The van der Waals surface area contributed by atoms with E-state index in [-0.39, 0.29) is 16.8 Å². The summed E-state index contributed by atoms with van der Waals surface area (Å²) in [5, 5.41) is 0. The second-order valence-corrected chi connectivity index (χ2v) is 4.19. The summed E-state index contributed by atoms with van der Waals surface area (Å²) in [6, 6.07) is 0.295. The Morgan fingerprint density at radius 3 is 1.50 bits per heavy atom. The summed E-state index contributed by atoms with van der Waals surface area (Å²) < 4.78 is 0. The molecule has 0 rings (SSSR count). The van der Waals surface area contributed by atoms with Crippen molar-refractivity contribution in [3.63, 3.8) is 0 Å². The second-order valence-electron chi connectivity index (χ2n) is 4.19. The molecule has 1 atom stereocenters. The SMILES string of the molecule is CC(CN(CC[NH-])CC[NH-])N(CC[NH-])CC[NH-].[Co+3]. The number of hydrogen-bond donors (Lipinski definition) is 0. The van der Waals surface area contributed by atoms with Crippen molar-refractivity contribution in [1.82, 2.24) is 9.80 Å². The Morgan fingerprint density at radius 1 is 0.778 bits per heavy atom. The first kappa shape index (κ1) is 20.6. The fraction of sp³-hybridized carbons (Fsp3) is 1.00. The van der Waals surface area contributed by atoms with Crippen molar-refractivity contribution in [2.75, 3.05) is 58.9 Å². The van der Waals surface area contributed by atoms with Gasteiger partial charge in [-0.2, -0.15) is 0 Å². The molecule has 18 heavy (non-hydrogen) atoms. The zero-order chi connectivity index (χ0) is 13.1. The predicted octanol–water partition coefficient (Wildman–Crippen LogP) is 2.19. The molecule has 0 radical (unpaired) electrons. The maximum Gasteiger partial charge on any atom is 3.00 e. The van der Waals surface area contributed by atoms with E-state index in [0.29, 0.717) is 58.4 Å². The molecule has 0 aromatic rings. The summed E-state index contributed by atoms with van der Waals surface area (Å²) in [4.78, 5) is 4.28. The van der Waals surface area contributed by atoms with Crippen molar-refractivity contribution in [2.45, 2.75) is 13.0 Å². The van der Waals surface area contributed by atoms with Crippen LogP contribution in [-0.2, 0) is 16.8 Å². The largest absolute Gasteiger partial charge is 3.00 e. The van der Waals surface area contributed by atoms with Gasteiger partial charge in [-0.3, -0.25) is 0 Å². The van der Waals surface area contributed by atoms with Crippen LogP contribution >= 0.6 is 0 Å². The zero-order valence-electron chi connectivity index (χ0n) is 11.2. The number of rotatable bonds is 11. The van der Waals surface area contributed by atoms with Gasteiger partial charge in [0.1, 0.15) is 0 Å². The normalized spacial score (nSPS) is 12.8. The van der Waals surface area contributed by atoms with E-state index in [1.54, 1.807) is 0 Å². The molecule has 110 valence electrons. The molecule has 0 aliphatic carbocycles. The first-order valence-corrected chi connectivity index (χ1v) is 6.24. The molecule has 0 aromatic heterocycles. The third-order valence-electron chi connectivity index (χ3n) is 2.80. The third kappa shape index (κ3) is 9.23. The van der Waals surface area contributed by atoms with Crippen LogP contribution in [0.4, 0.5) is 0 Å². The van der Waals surface area contributed by atoms with Gasteiger partial charge in [0.05, 0.1) is 0 Å². The van der Waals surface area contributed by atoms with Crippen LogP contribution in [0.1, 0.15) is 6.92 Å². The standard InChI is InChI=1S/C11H26N6.Co/c1-11(17(8-4-14)9-5-15)10-16(6-2-12)7-3-13;/h11-15H,2-10H2,1H3;/q-4;+3. The molecule has 0 fully saturated rings. The number of nitrogens with zero attached hydrogens (tertiary/aromatic N) is 2. The zero-order valence-corrected chi connectivity index (χ0v) is 12.2. The third-order valence-corrected chi connectivity index (χ3v) is 2.80. The van der Waals surface area contributed by atoms with Crippen LogP contribution in [0.3, 0.4) is 0 Å². The Labute approximate surface area is 122 Å². The molecule has 0 amide bonds. The average Bonchev–Trinajstić information content (AvgIpc) is 2.29. The van der Waals surface area contributed by atoms with Crippen molar-refractivity contribution >= 4 is 0 Å². The summed E-state index contributed by atoms with van der Waals surface area (Å²) in [7, 11) is 0. The van der Waals surface area contributed by atoms with Crippen LogP contribution in [0, 0.1) is 0 Å². The van der Waals surface area contributed by atoms with Gasteiger partial charge in [0, 0.05) is 12.6 Å². The fourth-order valence-corrected chi connectivity index (χ4v) is 1.94. The van der Waals surface area contributed by atoms with E-state index < -0.39 is 0 Å². The van der Waals surface area contributed by atoms with Gasteiger partial charge in [-0.1, -0.05) is 0 Å². The van der Waals surface area contributed by atoms with Gasteiger partial charge in [0.25, 0.3) is 0 Å². The molecule has 0 bridgehead atoms. The Bertz CT molecular complexity index is 160. The van der Waals surface area contributed by atoms with E-state index in [2.05, 4.69) is 16.7 Å². The van der Waals surface area contributed by atoms with E-state index >= 15 is 0 Å². The molecule has 4 N–H and O–H groups in total. The van der Waals surface area contributed by atoms with Crippen LogP contribution < -0.4 is 0 Å². The van der Waals surface area contributed by atoms with E-state index in [1.165, 1.54) is 0 Å². The molecule has 0 aliphatic heterocycles. The first-order chi connectivity index (χ1) is 8.19. The molecule has 1 unspecified atom stereocenters.